The molecular weight excluding hydrogens is 450 g/mol. The van der Waals surface area contributed by atoms with Crippen molar-refractivity contribution in [2.24, 2.45) is 11.8 Å². The minimum absolute atomic E-state index is 0. The van der Waals surface area contributed by atoms with Crippen molar-refractivity contribution < 1.29 is 14.7 Å². The van der Waals surface area contributed by atoms with E-state index in [-0.39, 0.29) is 42.0 Å². The number of piperidine rings is 1. The monoisotopic (exact) mass is 487 g/mol. The molecule has 7 heteroatoms. The number of halogens is 1. The van der Waals surface area contributed by atoms with Crippen LogP contribution in [-0.4, -0.2) is 55.0 Å². The van der Waals surface area contributed by atoms with E-state index < -0.39 is 0 Å². The predicted octanol–water partition coefficient (Wildman–Crippen LogP) is 3.52. The summed E-state index contributed by atoms with van der Waals surface area (Å²) in [6.45, 7) is 7.34. The third-order valence-corrected chi connectivity index (χ3v) is 7.18. The molecule has 1 saturated heterocycles. The van der Waals surface area contributed by atoms with Crippen LogP contribution in [0.25, 0.3) is 0 Å². The van der Waals surface area contributed by atoms with Crippen LogP contribution in [0.15, 0.2) is 54.6 Å². The van der Waals surface area contributed by atoms with E-state index in [0.29, 0.717) is 31.2 Å². The zero-order chi connectivity index (χ0) is 23.8. The van der Waals surface area contributed by atoms with Crippen LogP contribution in [-0.2, 0) is 21.4 Å². The second kappa shape index (κ2) is 12.8. The van der Waals surface area contributed by atoms with Crippen LogP contribution in [0.2, 0.25) is 0 Å². The van der Waals surface area contributed by atoms with Gasteiger partial charge in [0.15, 0.2) is 0 Å². The number of nitrogens with one attached hydrogen (secondary N) is 2. The summed E-state index contributed by atoms with van der Waals surface area (Å²) < 4.78 is 0. The van der Waals surface area contributed by atoms with Crippen LogP contribution in [0.5, 0.6) is 5.75 Å². The lowest BCUT2D eigenvalue weighted by atomic mass is 9.68. The summed E-state index contributed by atoms with van der Waals surface area (Å²) in [7, 11) is 1.60. The lowest BCUT2D eigenvalue weighted by molar-refractivity contribution is -0.126. The van der Waals surface area contributed by atoms with Crippen molar-refractivity contribution in [3.8, 4) is 5.75 Å². The Morgan fingerprint density at radius 2 is 1.91 bits per heavy atom. The Labute approximate surface area is 209 Å². The maximum Gasteiger partial charge on any atom is 0.224 e. The normalized spacial score (nSPS) is 21.2. The fraction of sp³-hybridized carbons (Fsp3) is 0.481. The Kier molecular flexibility index (Phi) is 10.4. The maximum atomic E-state index is 13.1. The number of aromatic hydroxyl groups is 1. The van der Waals surface area contributed by atoms with E-state index >= 15 is 0 Å². The quantitative estimate of drug-likeness (QED) is 0.505. The average Bonchev–Trinajstić information content (AvgIpc) is 2.81. The van der Waals surface area contributed by atoms with E-state index in [0.717, 1.165) is 25.1 Å². The maximum absolute atomic E-state index is 13.1. The number of amides is 2. The van der Waals surface area contributed by atoms with Gasteiger partial charge < -0.3 is 20.6 Å². The molecule has 0 bridgehead atoms. The fourth-order valence-electron chi connectivity index (χ4n) is 4.79. The van der Waals surface area contributed by atoms with Crippen molar-refractivity contribution in [1.82, 2.24) is 15.5 Å². The molecule has 1 heterocycles. The summed E-state index contributed by atoms with van der Waals surface area (Å²) in [6, 6.07) is 17.7. The molecule has 0 aromatic heterocycles. The Balaban J connectivity index is 0.00000408. The van der Waals surface area contributed by atoms with E-state index in [1.54, 1.807) is 13.1 Å². The Hall–Kier alpha value is -2.57. The van der Waals surface area contributed by atoms with Crippen LogP contribution in [0, 0.1) is 11.8 Å². The van der Waals surface area contributed by atoms with Gasteiger partial charge in [-0.05, 0) is 54.0 Å². The predicted molar refractivity (Wildman–Crippen MR) is 138 cm³/mol. The zero-order valence-corrected chi connectivity index (χ0v) is 21.2. The number of carbonyl (C=O) groups is 2. The Morgan fingerprint density at radius 3 is 2.56 bits per heavy atom. The second-order valence-corrected chi connectivity index (χ2v) is 9.48. The summed E-state index contributed by atoms with van der Waals surface area (Å²) in [5.41, 5.74) is 2.29. The molecule has 3 unspecified atom stereocenters. The zero-order valence-electron chi connectivity index (χ0n) is 20.4. The first-order chi connectivity index (χ1) is 15.8. The van der Waals surface area contributed by atoms with Gasteiger partial charge in [-0.25, -0.2) is 0 Å². The van der Waals surface area contributed by atoms with E-state index in [2.05, 4.69) is 47.6 Å². The van der Waals surface area contributed by atoms with Crippen molar-refractivity contribution >= 4 is 24.2 Å². The molecule has 6 nitrogen and oxygen atoms in total. The van der Waals surface area contributed by atoms with Crippen molar-refractivity contribution in [2.45, 2.75) is 38.5 Å². The number of phenolic OH excluding ortho intramolecular Hbond substituents is 1. The van der Waals surface area contributed by atoms with Gasteiger partial charge in [0.1, 0.15) is 5.75 Å². The largest absolute Gasteiger partial charge is 0.508 e. The molecular formula is C27H38ClN3O3. The molecule has 186 valence electrons. The number of hydrogen-bond acceptors (Lipinski definition) is 4. The van der Waals surface area contributed by atoms with E-state index in [4.69, 9.17) is 0 Å². The van der Waals surface area contributed by atoms with E-state index in [1.165, 1.54) is 5.56 Å². The van der Waals surface area contributed by atoms with Crippen molar-refractivity contribution in [3.63, 3.8) is 0 Å². The van der Waals surface area contributed by atoms with Gasteiger partial charge in [-0.2, -0.15) is 0 Å². The highest BCUT2D eigenvalue weighted by Crippen LogP contribution is 2.40. The van der Waals surface area contributed by atoms with Crippen LogP contribution >= 0.6 is 12.4 Å². The van der Waals surface area contributed by atoms with Crippen molar-refractivity contribution in [1.29, 1.82) is 0 Å². The van der Waals surface area contributed by atoms with Crippen LogP contribution in [0.4, 0.5) is 0 Å². The molecule has 1 aliphatic heterocycles. The van der Waals surface area contributed by atoms with Gasteiger partial charge in [0, 0.05) is 33.1 Å². The van der Waals surface area contributed by atoms with Gasteiger partial charge in [0.05, 0.1) is 5.92 Å². The molecule has 3 N–H and O–H groups in total. The fourth-order valence-corrected chi connectivity index (χ4v) is 4.79. The second-order valence-electron chi connectivity index (χ2n) is 9.48. The van der Waals surface area contributed by atoms with Gasteiger partial charge in [-0.1, -0.05) is 56.3 Å². The molecule has 0 radical (unpaired) electrons. The lowest BCUT2D eigenvalue weighted by Crippen LogP contribution is -2.50. The molecule has 0 aliphatic carbocycles. The van der Waals surface area contributed by atoms with Gasteiger partial charge >= 0.3 is 0 Å². The summed E-state index contributed by atoms with van der Waals surface area (Å²) in [5, 5.41) is 15.5. The van der Waals surface area contributed by atoms with Crippen molar-refractivity contribution in [3.05, 3.63) is 65.7 Å². The van der Waals surface area contributed by atoms with E-state index in [1.807, 2.05) is 30.3 Å². The third kappa shape index (κ3) is 7.21. The average molecular weight is 488 g/mol. The smallest absolute Gasteiger partial charge is 0.224 e. The first kappa shape index (κ1) is 27.7. The van der Waals surface area contributed by atoms with Crippen molar-refractivity contribution in [2.75, 3.05) is 33.2 Å². The molecule has 1 aliphatic rings. The third-order valence-electron chi connectivity index (χ3n) is 7.18. The minimum atomic E-state index is -0.186. The summed E-state index contributed by atoms with van der Waals surface area (Å²) in [4.78, 5) is 27.0. The van der Waals surface area contributed by atoms with Gasteiger partial charge in [0.25, 0.3) is 0 Å². The number of phenols is 1. The van der Waals surface area contributed by atoms with Gasteiger partial charge in [-0.3, -0.25) is 9.59 Å². The topological polar surface area (TPSA) is 81.7 Å². The number of benzene rings is 2. The van der Waals surface area contributed by atoms with E-state index in [9.17, 15) is 14.7 Å². The number of rotatable bonds is 9. The number of nitrogens with zero attached hydrogens (tertiary/aromatic N) is 1. The molecule has 2 amide bonds. The molecule has 2 aromatic rings. The lowest BCUT2D eigenvalue weighted by Gasteiger charge is -2.45. The molecule has 3 atom stereocenters. The summed E-state index contributed by atoms with van der Waals surface area (Å²) in [5.74, 6) is 0.415. The number of likely N-dealkylation sites (tertiary alicyclic amines) is 1. The SMILES string of the molecule is CNC(=O)CCNC(=O)C(Cc1ccccc1)CN1CCC(C)(c2cccc(O)c2)C(C)C1.Cl. The highest BCUT2D eigenvalue weighted by atomic mass is 35.5. The number of hydrogen-bond donors (Lipinski definition) is 3. The summed E-state index contributed by atoms with van der Waals surface area (Å²) in [6.07, 6.45) is 1.92. The summed E-state index contributed by atoms with van der Waals surface area (Å²) >= 11 is 0. The molecule has 3 rings (SSSR count). The van der Waals surface area contributed by atoms with Crippen LogP contribution < -0.4 is 10.6 Å². The first-order valence-electron chi connectivity index (χ1n) is 11.9. The molecule has 2 aromatic carbocycles. The number of carbonyl (C=O) groups excluding carboxylic acids is 2. The van der Waals surface area contributed by atoms with Gasteiger partial charge in [-0.15, -0.1) is 12.4 Å². The highest BCUT2D eigenvalue weighted by Gasteiger charge is 2.39. The Morgan fingerprint density at radius 1 is 1.18 bits per heavy atom. The highest BCUT2D eigenvalue weighted by molar-refractivity contribution is 5.85. The molecule has 0 spiro atoms. The molecule has 1 fully saturated rings. The van der Waals surface area contributed by atoms with Crippen LogP contribution in [0.3, 0.4) is 0 Å². The first-order valence-corrected chi connectivity index (χ1v) is 11.9. The standard InChI is InChI=1S/C27H37N3O3.ClH/c1-20-18-30(15-13-27(20,2)23-10-7-11-24(31)17-23)19-22(16-21-8-5-4-6-9-21)26(33)29-14-12-25(32)28-3;/h4-11,17,20,22,31H,12-16,18-19H2,1-3H3,(H,28,32)(H,29,33);1H. The molecule has 0 saturated carbocycles. The van der Waals surface area contributed by atoms with Gasteiger partial charge in [0.2, 0.25) is 11.8 Å². The minimum Gasteiger partial charge on any atom is -0.508 e. The van der Waals surface area contributed by atoms with Crippen LogP contribution in [0.1, 0.15) is 37.8 Å². The molecule has 34 heavy (non-hydrogen) atoms. The Bertz CT molecular complexity index is 940.